The normalized spacial score (nSPS) is 22.7. The Hall–Kier alpha value is -0.380. The molecular formula is C16H26N2S. The molecule has 2 aliphatic carbocycles. The predicted molar refractivity (Wildman–Crippen MR) is 82.5 cm³/mol. The molecule has 0 amide bonds. The van der Waals surface area contributed by atoms with Crippen LogP contribution < -0.4 is 5.32 Å². The maximum atomic E-state index is 3.69. The third-order valence-electron chi connectivity index (χ3n) is 4.61. The molecule has 1 N–H and O–H groups in total. The first-order valence-corrected chi connectivity index (χ1v) is 8.68. The van der Waals surface area contributed by atoms with E-state index < -0.39 is 0 Å². The lowest BCUT2D eigenvalue weighted by molar-refractivity contribution is 0.142. The summed E-state index contributed by atoms with van der Waals surface area (Å²) in [7, 11) is 0. The molecule has 2 atom stereocenters. The van der Waals surface area contributed by atoms with E-state index >= 15 is 0 Å². The van der Waals surface area contributed by atoms with Gasteiger partial charge in [0.1, 0.15) is 0 Å². The molecule has 2 saturated carbocycles. The Morgan fingerprint density at radius 1 is 1.32 bits per heavy atom. The molecular weight excluding hydrogens is 252 g/mol. The summed E-state index contributed by atoms with van der Waals surface area (Å²) in [6.07, 6.45) is 5.58. The molecule has 3 rings (SSSR count). The van der Waals surface area contributed by atoms with E-state index in [2.05, 4.69) is 40.9 Å². The standard InChI is InChI=1S/C16H26N2S/c1-12(9-17-15-3-4-15)13(2)18(16-5-6-16)10-14-7-8-19-11-14/h7-8,11-13,15-17H,3-6,9-10H2,1-2H3. The van der Waals surface area contributed by atoms with Crippen LogP contribution in [0, 0.1) is 5.92 Å². The number of nitrogens with one attached hydrogen (secondary N) is 1. The van der Waals surface area contributed by atoms with Crippen LogP contribution in [0.5, 0.6) is 0 Å². The van der Waals surface area contributed by atoms with Crippen molar-refractivity contribution in [2.75, 3.05) is 6.54 Å². The van der Waals surface area contributed by atoms with Crippen molar-refractivity contribution in [3.8, 4) is 0 Å². The molecule has 0 aliphatic heterocycles. The van der Waals surface area contributed by atoms with E-state index in [0.29, 0.717) is 6.04 Å². The summed E-state index contributed by atoms with van der Waals surface area (Å²) in [5.74, 6) is 0.736. The van der Waals surface area contributed by atoms with E-state index in [4.69, 9.17) is 0 Å². The zero-order chi connectivity index (χ0) is 13.2. The van der Waals surface area contributed by atoms with E-state index in [0.717, 1.165) is 24.5 Å². The fourth-order valence-electron chi connectivity index (χ4n) is 2.74. The molecule has 1 aromatic heterocycles. The Labute approximate surface area is 121 Å². The summed E-state index contributed by atoms with van der Waals surface area (Å²) >= 11 is 1.82. The average Bonchev–Trinajstić information content (AvgIpc) is 3.33. The van der Waals surface area contributed by atoms with Gasteiger partial charge < -0.3 is 5.32 Å². The highest BCUT2D eigenvalue weighted by molar-refractivity contribution is 7.07. The zero-order valence-electron chi connectivity index (χ0n) is 12.1. The molecule has 0 bridgehead atoms. The monoisotopic (exact) mass is 278 g/mol. The van der Waals surface area contributed by atoms with Crippen molar-refractivity contribution in [3.63, 3.8) is 0 Å². The zero-order valence-corrected chi connectivity index (χ0v) is 13.0. The van der Waals surface area contributed by atoms with E-state index in [1.54, 1.807) is 0 Å². The lowest BCUT2D eigenvalue weighted by Crippen LogP contribution is -2.42. The van der Waals surface area contributed by atoms with Gasteiger partial charge in [-0.2, -0.15) is 11.3 Å². The molecule has 1 heterocycles. The van der Waals surface area contributed by atoms with Crippen molar-refractivity contribution in [1.29, 1.82) is 0 Å². The molecule has 0 spiro atoms. The smallest absolute Gasteiger partial charge is 0.0247 e. The molecule has 2 nitrogen and oxygen atoms in total. The first-order chi connectivity index (χ1) is 9.24. The van der Waals surface area contributed by atoms with Crippen molar-refractivity contribution >= 4 is 11.3 Å². The molecule has 0 saturated heterocycles. The van der Waals surface area contributed by atoms with Gasteiger partial charge in [-0.3, -0.25) is 4.90 Å². The summed E-state index contributed by atoms with van der Waals surface area (Å²) in [4.78, 5) is 2.74. The Bertz CT molecular complexity index is 381. The Morgan fingerprint density at radius 3 is 2.68 bits per heavy atom. The first kappa shape index (κ1) is 13.6. The quantitative estimate of drug-likeness (QED) is 0.783. The minimum atomic E-state index is 0.679. The van der Waals surface area contributed by atoms with E-state index in [-0.39, 0.29) is 0 Å². The van der Waals surface area contributed by atoms with Gasteiger partial charge in [-0.25, -0.2) is 0 Å². The molecule has 0 aromatic carbocycles. The van der Waals surface area contributed by atoms with Crippen LogP contribution in [0.25, 0.3) is 0 Å². The van der Waals surface area contributed by atoms with Crippen LogP contribution in [0.4, 0.5) is 0 Å². The van der Waals surface area contributed by atoms with E-state index in [1.165, 1.54) is 37.8 Å². The lowest BCUT2D eigenvalue weighted by atomic mass is 10.0. The number of thiophene rings is 1. The summed E-state index contributed by atoms with van der Waals surface area (Å²) in [5, 5.41) is 8.18. The largest absolute Gasteiger partial charge is 0.314 e. The molecule has 2 unspecified atom stereocenters. The van der Waals surface area contributed by atoms with Crippen molar-refractivity contribution in [1.82, 2.24) is 10.2 Å². The van der Waals surface area contributed by atoms with Gasteiger partial charge in [0, 0.05) is 24.7 Å². The van der Waals surface area contributed by atoms with Gasteiger partial charge >= 0.3 is 0 Å². The van der Waals surface area contributed by atoms with Crippen LogP contribution in [0.2, 0.25) is 0 Å². The third kappa shape index (κ3) is 3.80. The highest BCUT2D eigenvalue weighted by atomic mass is 32.1. The van der Waals surface area contributed by atoms with Gasteiger partial charge in [-0.05, 0) is 67.5 Å². The van der Waals surface area contributed by atoms with Gasteiger partial charge in [0.05, 0.1) is 0 Å². The Kier molecular flexibility index (Phi) is 4.25. The van der Waals surface area contributed by atoms with Crippen molar-refractivity contribution in [3.05, 3.63) is 22.4 Å². The first-order valence-electron chi connectivity index (χ1n) is 7.74. The molecule has 106 valence electrons. The van der Waals surface area contributed by atoms with Crippen LogP contribution in [0.1, 0.15) is 45.1 Å². The van der Waals surface area contributed by atoms with Crippen molar-refractivity contribution in [2.24, 2.45) is 5.92 Å². The van der Waals surface area contributed by atoms with Crippen LogP contribution in [-0.2, 0) is 6.54 Å². The Balaban J connectivity index is 1.55. The fourth-order valence-corrected chi connectivity index (χ4v) is 3.40. The maximum absolute atomic E-state index is 3.69. The minimum absolute atomic E-state index is 0.679. The fraction of sp³-hybridized carbons (Fsp3) is 0.750. The summed E-state index contributed by atoms with van der Waals surface area (Å²) in [5.41, 5.74) is 1.49. The average molecular weight is 278 g/mol. The van der Waals surface area contributed by atoms with Gasteiger partial charge in [0.15, 0.2) is 0 Å². The molecule has 1 aromatic rings. The summed E-state index contributed by atoms with van der Waals surface area (Å²) in [6, 6.07) is 4.64. The Morgan fingerprint density at radius 2 is 2.11 bits per heavy atom. The molecule has 3 heteroatoms. The number of nitrogens with zero attached hydrogens (tertiary/aromatic N) is 1. The summed E-state index contributed by atoms with van der Waals surface area (Å²) < 4.78 is 0. The van der Waals surface area contributed by atoms with Gasteiger partial charge in [0.2, 0.25) is 0 Å². The van der Waals surface area contributed by atoms with Crippen LogP contribution in [0.15, 0.2) is 16.8 Å². The highest BCUT2D eigenvalue weighted by Crippen LogP contribution is 2.32. The number of hydrogen-bond acceptors (Lipinski definition) is 3. The molecule has 2 aliphatic rings. The van der Waals surface area contributed by atoms with E-state index in [1.807, 2.05) is 11.3 Å². The predicted octanol–water partition coefficient (Wildman–Crippen LogP) is 3.49. The molecule has 0 radical (unpaired) electrons. The van der Waals surface area contributed by atoms with Gasteiger partial charge in [-0.15, -0.1) is 0 Å². The van der Waals surface area contributed by atoms with Crippen LogP contribution in [0.3, 0.4) is 0 Å². The SMILES string of the molecule is CC(CNC1CC1)C(C)N(Cc1ccsc1)C1CC1. The number of hydrogen-bond donors (Lipinski definition) is 1. The lowest BCUT2D eigenvalue weighted by Gasteiger charge is -2.33. The van der Waals surface area contributed by atoms with E-state index in [9.17, 15) is 0 Å². The number of rotatable bonds is 8. The molecule has 2 fully saturated rings. The second kappa shape index (κ2) is 5.94. The molecule has 19 heavy (non-hydrogen) atoms. The van der Waals surface area contributed by atoms with Crippen molar-refractivity contribution < 1.29 is 0 Å². The minimum Gasteiger partial charge on any atom is -0.314 e. The third-order valence-corrected chi connectivity index (χ3v) is 5.35. The highest BCUT2D eigenvalue weighted by Gasteiger charge is 2.34. The van der Waals surface area contributed by atoms with Crippen molar-refractivity contribution in [2.45, 2.75) is 64.2 Å². The second-order valence-corrected chi connectivity index (χ2v) is 7.22. The maximum Gasteiger partial charge on any atom is 0.0247 e. The topological polar surface area (TPSA) is 15.3 Å². The van der Waals surface area contributed by atoms with Crippen LogP contribution in [-0.4, -0.2) is 29.6 Å². The summed E-state index contributed by atoms with van der Waals surface area (Å²) in [6.45, 7) is 7.15. The van der Waals surface area contributed by atoms with Gasteiger partial charge in [0.25, 0.3) is 0 Å². The van der Waals surface area contributed by atoms with Gasteiger partial charge in [-0.1, -0.05) is 6.92 Å². The second-order valence-electron chi connectivity index (χ2n) is 6.44. The van der Waals surface area contributed by atoms with Crippen LogP contribution >= 0.6 is 11.3 Å².